The minimum atomic E-state index is -2.71. The molecule has 466 valence electrons. The second-order valence-electron chi connectivity index (χ2n) is 17.2. The highest BCUT2D eigenvalue weighted by Crippen LogP contribution is 2.51. The van der Waals surface area contributed by atoms with Gasteiger partial charge in [0.05, 0.1) is 78.9 Å². The third kappa shape index (κ3) is 36.2. The zero-order chi connectivity index (χ0) is 63.5. The van der Waals surface area contributed by atoms with Gasteiger partial charge in [0.1, 0.15) is 15.6 Å². The number of sulfone groups is 1. The van der Waals surface area contributed by atoms with E-state index < -0.39 is 27.7 Å². The normalized spacial score (nSPS) is 20.0. The maximum Gasteiger partial charge on any atom is 0.507 e. The van der Waals surface area contributed by atoms with Crippen molar-refractivity contribution in [3.63, 3.8) is 0 Å². The number of hydrogen-bond acceptors (Lipinski definition) is 23. The first-order chi connectivity index (χ1) is 38.0. The Hall–Kier alpha value is -5.04. The molecule has 2 bridgehead atoms. The van der Waals surface area contributed by atoms with Crippen molar-refractivity contribution in [3.05, 3.63) is 35.4 Å². The van der Waals surface area contributed by atoms with Crippen LogP contribution in [0.3, 0.4) is 0 Å². The van der Waals surface area contributed by atoms with Crippen molar-refractivity contribution in [2.24, 2.45) is 37.0 Å². The number of aromatic nitrogens is 6. The smallest absolute Gasteiger partial charge is 0.453 e. The molecule has 0 radical (unpaired) electrons. The van der Waals surface area contributed by atoms with Crippen LogP contribution in [0.2, 0.25) is 0 Å². The topological polar surface area (TPSA) is 321 Å². The summed E-state index contributed by atoms with van der Waals surface area (Å²) in [4.78, 5) is 86.0. The highest BCUT2D eigenvalue weighted by atomic mass is 33.1. The van der Waals surface area contributed by atoms with Crippen LogP contribution < -0.4 is 16.1 Å². The van der Waals surface area contributed by atoms with E-state index in [-0.39, 0.29) is 64.3 Å². The molecule has 2 aromatic rings. The third-order valence-corrected chi connectivity index (χ3v) is 15.1. The molecular formula is C51H93N11O14S5. The van der Waals surface area contributed by atoms with E-state index in [2.05, 4.69) is 68.5 Å². The number of methoxy groups -OCH3 is 3. The summed E-state index contributed by atoms with van der Waals surface area (Å²) in [6, 6.07) is 0. The Morgan fingerprint density at radius 2 is 1.42 bits per heavy atom. The summed E-state index contributed by atoms with van der Waals surface area (Å²) >= 11 is 3.03. The predicted molar refractivity (Wildman–Crippen MR) is 326 cm³/mol. The Kier molecular flexibility index (Phi) is 48.3. The number of nitrogens with one attached hydrogen (secondary N) is 3. The van der Waals surface area contributed by atoms with Gasteiger partial charge in [0, 0.05) is 79.9 Å². The monoisotopic (exact) mass is 1240 g/mol. The van der Waals surface area contributed by atoms with Gasteiger partial charge in [0.2, 0.25) is 23.6 Å². The Morgan fingerprint density at radius 3 is 1.72 bits per heavy atom. The number of ether oxygens (including phenoxy) is 4. The molecule has 3 fully saturated rings. The van der Waals surface area contributed by atoms with E-state index in [9.17, 15) is 46.8 Å². The summed E-state index contributed by atoms with van der Waals surface area (Å²) in [6.45, 7) is 14.1. The molecule has 2 aliphatic carbocycles. The van der Waals surface area contributed by atoms with Crippen LogP contribution in [0.5, 0.6) is 0 Å². The van der Waals surface area contributed by atoms with E-state index in [4.69, 9.17) is 4.74 Å². The summed E-state index contributed by atoms with van der Waals surface area (Å²) in [5.74, 6) is -0.0279. The summed E-state index contributed by atoms with van der Waals surface area (Å²) in [5, 5.41) is 23.7. The molecule has 3 aliphatic heterocycles. The molecule has 1 saturated carbocycles. The largest absolute Gasteiger partial charge is 0.507 e. The van der Waals surface area contributed by atoms with E-state index in [1.807, 2.05) is 77.3 Å². The first kappa shape index (κ1) is 82.4. The molecule has 81 heavy (non-hydrogen) atoms. The van der Waals surface area contributed by atoms with E-state index in [0.717, 1.165) is 12.1 Å². The molecule has 5 aliphatic rings. The SMILES string of the molecule is C/C=N/NC(C)=O.CC.CN1C(=O)C2C3C=CC(C)(O3)C2C1=O.CNC(=O)OC.CNC(C)=O.COC(=O)OC.CSC1CC(=O)C(C)C1=O.CSCCS(C)(=O)=O.CSSC.Cc1cn(C)nn1.Cn1nnc2c1CCCCCC2. The molecular weight excluding hydrogens is 1150 g/mol. The molecule has 0 aromatic carbocycles. The number of hydrogen-bond donors (Lipinski definition) is 3. The Labute approximate surface area is 497 Å². The van der Waals surface area contributed by atoms with Crippen molar-refractivity contribution in [1.82, 2.24) is 50.9 Å². The van der Waals surface area contributed by atoms with Crippen LogP contribution >= 0.6 is 45.1 Å². The van der Waals surface area contributed by atoms with Crippen LogP contribution in [0.4, 0.5) is 9.59 Å². The Balaban J connectivity index is -0.000000415. The fourth-order valence-electron chi connectivity index (χ4n) is 6.79. The van der Waals surface area contributed by atoms with Crippen molar-refractivity contribution < 1.29 is 65.7 Å². The second-order valence-corrected chi connectivity index (χ2v) is 24.1. The highest BCUT2D eigenvalue weighted by Gasteiger charge is 2.65. The van der Waals surface area contributed by atoms with Crippen molar-refractivity contribution in [3.8, 4) is 0 Å². The fourth-order valence-corrected chi connectivity index (χ4v) is 9.44. The molecule has 6 unspecified atom stereocenters. The summed E-state index contributed by atoms with van der Waals surface area (Å²) in [6.07, 6.45) is 23.1. The van der Waals surface area contributed by atoms with Gasteiger partial charge in [-0.15, -0.1) is 10.2 Å². The van der Waals surface area contributed by atoms with Crippen LogP contribution in [0, 0.1) is 24.7 Å². The van der Waals surface area contributed by atoms with E-state index in [1.54, 1.807) is 66.0 Å². The van der Waals surface area contributed by atoms with Gasteiger partial charge in [-0.2, -0.15) is 28.6 Å². The molecule has 2 saturated heterocycles. The van der Waals surface area contributed by atoms with Crippen molar-refractivity contribution >= 4 is 109 Å². The van der Waals surface area contributed by atoms with Gasteiger partial charge in [-0.25, -0.2) is 23.4 Å². The highest BCUT2D eigenvalue weighted by molar-refractivity contribution is 8.76. The van der Waals surface area contributed by atoms with Gasteiger partial charge in [-0.3, -0.25) is 43.0 Å². The number of likely N-dealkylation sites (tertiary alicyclic amines) is 1. The number of amides is 5. The van der Waals surface area contributed by atoms with Crippen molar-refractivity contribution in [2.75, 3.05) is 85.3 Å². The average molecular weight is 1240 g/mol. The number of rotatable bonds is 6. The lowest BCUT2D eigenvalue weighted by Crippen LogP contribution is -2.36. The van der Waals surface area contributed by atoms with E-state index in [0.29, 0.717) is 17.9 Å². The second kappa shape index (κ2) is 47.4. The molecule has 6 atom stereocenters. The molecule has 5 heterocycles. The maximum atomic E-state index is 11.8. The van der Waals surface area contributed by atoms with Crippen LogP contribution in [-0.4, -0.2) is 199 Å². The number of nitrogens with zero attached hydrogens (tertiary/aromatic N) is 8. The summed E-state index contributed by atoms with van der Waals surface area (Å²) < 4.78 is 42.2. The number of fused-ring (bicyclic) bond motifs is 6. The zero-order valence-electron chi connectivity index (χ0n) is 51.4. The summed E-state index contributed by atoms with van der Waals surface area (Å²) in [5.41, 5.74) is 5.23. The number of thioether (sulfide) groups is 2. The molecule has 30 heteroatoms. The third-order valence-electron chi connectivity index (χ3n) is 11.0. The number of ketones is 2. The van der Waals surface area contributed by atoms with E-state index in [1.165, 1.54) is 115 Å². The maximum absolute atomic E-state index is 11.8. The number of aryl methyl sites for hydroxylation is 4. The van der Waals surface area contributed by atoms with Gasteiger partial charge in [-0.05, 0) is 78.4 Å². The van der Waals surface area contributed by atoms with Gasteiger partial charge < -0.3 is 29.6 Å². The molecule has 25 nitrogen and oxygen atoms in total. The average Bonchev–Trinajstić information content (AvgIpc) is 4.48. The number of carbonyl (C=O) groups is 8. The molecule has 3 N–H and O–H groups in total. The van der Waals surface area contributed by atoms with Crippen molar-refractivity contribution in [1.29, 1.82) is 0 Å². The van der Waals surface area contributed by atoms with Gasteiger partial charge in [-0.1, -0.05) is 70.9 Å². The lowest BCUT2D eigenvalue weighted by Gasteiger charge is -2.22. The lowest BCUT2D eigenvalue weighted by atomic mass is 9.78. The number of Topliss-reactive ketones (excluding diaryl/α,β-unsaturated/α-hetero) is 2. The van der Waals surface area contributed by atoms with Gasteiger partial charge in [0.15, 0.2) is 5.78 Å². The standard InChI is InChI=1S/C10H11NO3.C9H15N3.C7H10O2S.C4H7N3.C4H8N2O.C4H10O2S2.C3H7NO2.C3H7NO.C3H6O3.C2H6S2.C2H6/c1-10-4-3-5(14-10)6-7(10)9(13)11(2)8(6)12;1-12-9-7-5-3-2-4-6-8(9)10-11-12;1-4-5(8)3-6(10-2)7(4)9;1-4-3-7(2)6-5-4;1-3-5-6-4(2)7;1-7-3-4-8(2,5)6;1-4-3(5)6-2;1-3(5)4-2;1-5-3(4)6-2;1-3-4-2;1-2/h3-7H,1-2H3;2-7H2,1H3;4,6H,3H2,1-2H3;3H,1-2H3;3H,1-2H3,(H,6,7);3-4H2,1-2H3;1-2H3,(H,4,5);1-2H3,(H,4,5);1-2H3;1-2H3;1-2H3/b;;;;5-3+;;;;;;. The minimum absolute atomic E-state index is 0.00463. The number of hydrazone groups is 1. The van der Waals surface area contributed by atoms with Crippen molar-refractivity contribution in [2.45, 2.75) is 117 Å². The predicted octanol–water partition coefficient (Wildman–Crippen LogP) is 5.74. The minimum Gasteiger partial charge on any atom is -0.453 e. The molecule has 7 rings (SSSR count). The van der Waals surface area contributed by atoms with Crippen LogP contribution in [0.1, 0.15) is 97.7 Å². The van der Waals surface area contributed by atoms with Gasteiger partial charge in [0.25, 0.3) is 0 Å². The van der Waals surface area contributed by atoms with Crippen LogP contribution in [-0.2, 0) is 84.5 Å². The van der Waals surface area contributed by atoms with Gasteiger partial charge >= 0.3 is 12.2 Å². The van der Waals surface area contributed by atoms with Crippen LogP contribution in [0.15, 0.2) is 23.5 Å². The quantitative estimate of drug-likeness (QED) is 0.0590. The first-order valence-electron chi connectivity index (χ1n) is 25.5. The molecule has 2 aromatic heterocycles. The number of alkyl carbamates (subject to hydrolysis) is 1. The number of imide groups is 1. The van der Waals surface area contributed by atoms with E-state index >= 15 is 0 Å². The molecule has 0 spiro atoms. The number of carbonyl (C=O) groups excluding carboxylic acids is 8. The Bertz CT molecular complexity index is 2290. The van der Waals surface area contributed by atoms with Crippen LogP contribution in [0.25, 0.3) is 0 Å². The first-order valence-corrected chi connectivity index (χ1v) is 33.2. The Morgan fingerprint density at radius 1 is 0.864 bits per heavy atom. The lowest BCUT2D eigenvalue weighted by molar-refractivity contribution is -0.142. The summed E-state index contributed by atoms with van der Waals surface area (Å²) in [7, 11) is 13.2. The molecule has 5 amide bonds. The zero-order valence-corrected chi connectivity index (χ0v) is 55.5. The fraction of sp³-hybridized carbons (Fsp3) is 0.706.